The summed E-state index contributed by atoms with van der Waals surface area (Å²) in [5, 5.41) is 0. The zero-order valence-corrected chi connectivity index (χ0v) is 12.7. The van der Waals surface area contributed by atoms with E-state index in [1.54, 1.807) is 19.1 Å². The predicted molar refractivity (Wildman–Crippen MR) is 81.7 cm³/mol. The molecule has 6 nitrogen and oxygen atoms in total. The second-order valence-corrected chi connectivity index (χ2v) is 6.19. The molecule has 0 fully saturated rings. The fourth-order valence-corrected chi connectivity index (χ4v) is 3.23. The van der Waals surface area contributed by atoms with Crippen LogP contribution < -0.4 is 9.61 Å². The fraction of sp³-hybridized carbons (Fsp3) is 0.133. The number of hydrogen-bond acceptors (Lipinski definition) is 5. The third kappa shape index (κ3) is 2.95. The van der Waals surface area contributed by atoms with E-state index in [9.17, 15) is 8.42 Å². The average Bonchev–Trinajstić information content (AvgIpc) is 2.92. The zero-order valence-electron chi connectivity index (χ0n) is 11.9. The summed E-state index contributed by atoms with van der Waals surface area (Å²) in [4.78, 5) is 3.86. The number of hydrogen-bond donors (Lipinski definition) is 1. The first kappa shape index (κ1) is 14.6. The van der Waals surface area contributed by atoms with Crippen LogP contribution in [0, 0.1) is 0 Å². The van der Waals surface area contributed by atoms with Crippen LogP contribution in [0.2, 0.25) is 0 Å². The number of hydrazine groups is 1. The van der Waals surface area contributed by atoms with Crippen molar-refractivity contribution in [2.75, 3.05) is 0 Å². The Hall–Kier alpha value is -2.38. The molecule has 0 saturated heterocycles. The minimum Gasteiger partial charge on any atom is -0.345 e. The largest absolute Gasteiger partial charge is 0.424 e. The highest BCUT2D eigenvalue weighted by Gasteiger charge is 2.32. The topological polar surface area (TPSA) is 71.5 Å². The molecule has 0 aliphatic carbocycles. The van der Waals surface area contributed by atoms with Gasteiger partial charge in [0.25, 0.3) is 0 Å². The van der Waals surface area contributed by atoms with Crippen LogP contribution in [0.4, 0.5) is 0 Å². The van der Waals surface area contributed by atoms with Crippen molar-refractivity contribution in [2.24, 2.45) is 0 Å². The molecule has 0 saturated carbocycles. The summed E-state index contributed by atoms with van der Waals surface area (Å²) in [6.07, 6.45) is 3.30. The molecule has 1 aliphatic heterocycles. The molecule has 1 aromatic heterocycles. The molecule has 0 radical (unpaired) electrons. The smallest absolute Gasteiger partial charge is 0.345 e. The second-order valence-electron chi connectivity index (χ2n) is 4.80. The molecule has 0 spiro atoms. The van der Waals surface area contributed by atoms with Gasteiger partial charge in [-0.25, -0.2) is 10.4 Å². The molecular weight excluding hydrogens is 302 g/mol. The van der Waals surface area contributed by atoms with Gasteiger partial charge in [0.2, 0.25) is 5.88 Å². The highest BCUT2D eigenvalue weighted by Crippen LogP contribution is 2.26. The summed E-state index contributed by atoms with van der Waals surface area (Å²) in [5.41, 5.74) is 4.43. The van der Waals surface area contributed by atoms with Gasteiger partial charge in [-0.15, -0.1) is 0 Å². The van der Waals surface area contributed by atoms with Crippen LogP contribution in [0.3, 0.4) is 0 Å². The molecule has 7 heteroatoms. The Bertz CT molecular complexity index is 776. The number of aromatic nitrogens is 1. The maximum atomic E-state index is 12.3. The van der Waals surface area contributed by atoms with Crippen LogP contribution in [-0.4, -0.2) is 17.8 Å². The van der Waals surface area contributed by atoms with Crippen molar-refractivity contribution >= 4 is 10.3 Å². The number of rotatable bonds is 4. The molecule has 1 unspecified atom stereocenters. The van der Waals surface area contributed by atoms with Gasteiger partial charge in [-0.05, 0) is 24.6 Å². The van der Waals surface area contributed by atoms with Crippen LogP contribution in [0.5, 0.6) is 5.88 Å². The van der Waals surface area contributed by atoms with Crippen LogP contribution >= 0.6 is 0 Å². The number of allylic oxidation sites excluding steroid dienone is 1. The maximum Gasteiger partial charge on any atom is 0.424 e. The van der Waals surface area contributed by atoms with E-state index in [0.717, 1.165) is 9.98 Å². The lowest BCUT2D eigenvalue weighted by molar-refractivity contribution is 0.336. The Balaban J connectivity index is 1.80. The highest BCUT2D eigenvalue weighted by atomic mass is 32.2. The molecular formula is C15H15N3O3S. The Morgan fingerprint density at radius 1 is 1.14 bits per heavy atom. The van der Waals surface area contributed by atoms with Gasteiger partial charge in [-0.2, -0.15) is 12.8 Å². The molecule has 114 valence electrons. The van der Waals surface area contributed by atoms with E-state index < -0.39 is 10.3 Å². The predicted octanol–water partition coefficient (Wildman–Crippen LogP) is 2.17. The summed E-state index contributed by atoms with van der Waals surface area (Å²) in [5.74, 6) is 0.0280. The SMILES string of the molecule is CC1=CC(c2ccccc2)NN1S(=O)(=O)Oc1ccccn1. The van der Waals surface area contributed by atoms with Gasteiger partial charge in [-0.3, -0.25) is 0 Å². The van der Waals surface area contributed by atoms with Crippen LogP contribution in [-0.2, 0) is 10.3 Å². The van der Waals surface area contributed by atoms with Crippen molar-refractivity contribution in [1.82, 2.24) is 14.8 Å². The number of nitrogens with one attached hydrogen (secondary N) is 1. The third-order valence-electron chi connectivity index (χ3n) is 3.20. The molecule has 22 heavy (non-hydrogen) atoms. The number of benzene rings is 1. The van der Waals surface area contributed by atoms with Crippen LogP contribution in [0.25, 0.3) is 0 Å². The van der Waals surface area contributed by atoms with Crippen molar-refractivity contribution in [3.8, 4) is 5.88 Å². The molecule has 2 heterocycles. The first-order valence-electron chi connectivity index (χ1n) is 6.71. The van der Waals surface area contributed by atoms with E-state index in [-0.39, 0.29) is 11.9 Å². The van der Waals surface area contributed by atoms with Crippen molar-refractivity contribution < 1.29 is 12.6 Å². The van der Waals surface area contributed by atoms with Crippen molar-refractivity contribution in [1.29, 1.82) is 0 Å². The van der Waals surface area contributed by atoms with Crippen molar-refractivity contribution in [2.45, 2.75) is 13.0 Å². The van der Waals surface area contributed by atoms with E-state index in [1.165, 1.54) is 12.3 Å². The minimum atomic E-state index is -4.01. The molecule has 0 bridgehead atoms. The zero-order chi connectivity index (χ0) is 15.6. The third-order valence-corrected chi connectivity index (χ3v) is 4.42. The van der Waals surface area contributed by atoms with E-state index in [2.05, 4.69) is 10.4 Å². The van der Waals surface area contributed by atoms with E-state index in [0.29, 0.717) is 5.70 Å². The summed E-state index contributed by atoms with van der Waals surface area (Å²) < 4.78 is 30.8. The van der Waals surface area contributed by atoms with Crippen molar-refractivity contribution in [3.05, 3.63) is 72.1 Å². The Kier molecular flexibility index (Phi) is 3.82. The first-order chi connectivity index (χ1) is 10.6. The van der Waals surface area contributed by atoms with Gasteiger partial charge in [0.05, 0.1) is 6.04 Å². The Labute approximate surface area is 129 Å². The lowest BCUT2D eigenvalue weighted by Crippen LogP contribution is -2.40. The number of pyridine rings is 1. The molecule has 1 aliphatic rings. The van der Waals surface area contributed by atoms with Gasteiger partial charge < -0.3 is 4.18 Å². The molecule has 1 aromatic carbocycles. The van der Waals surface area contributed by atoms with Gasteiger partial charge in [-0.1, -0.05) is 36.4 Å². The quantitative estimate of drug-likeness (QED) is 0.936. The van der Waals surface area contributed by atoms with Gasteiger partial charge in [0, 0.05) is 18.0 Å². The first-order valence-corrected chi connectivity index (χ1v) is 8.08. The average molecular weight is 317 g/mol. The van der Waals surface area contributed by atoms with E-state index >= 15 is 0 Å². The van der Waals surface area contributed by atoms with Crippen molar-refractivity contribution in [3.63, 3.8) is 0 Å². The normalized spacial score (nSPS) is 18.1. The Morgan fingerprint density at radius 3 is 2.55 bits per heavy atom. The highest BCUT2D eigenvalue weighted by molar-refractivity contribution is 7.84. The Morgan fingerprint density at radius 2 is 1.86 bits per heavy atom. The molecule has 1 atom stereocenters. The fourth-order valence-electron chi connectivity index (χ4n) is 2.19. The maximum absolute atomic E-state index is 12.3. The molecule has 0 amide bonds. The van der Waals surface area contributed by atoms with Gasteiger partial charge >= 0.3 is 10.3 Å². The van der Waals surface area contributed by atoms with Gasteiger partial charge in [0.1, 0.15) is 0 Å². The van der Waals surface area contributed by atoms with E-state index in [1.807, 2.05) is 36.4 Å². The molecule has 3 rings (SSSR count). The van der Waals surface area contributed by atoms with Crippen LogP contribution in [0.1, 0.15) is 18.5 Å². The summed E-state index contributed by atoms with van der Waals surface area (Å²) in [6, 6.07) is 14.2. The molecule has 1 N–H and O–H groups in total. The monoisotopic (exact) mass is 317 g/mol. The molecule has 2 aromatic rings. The lowest BCUT2D eigenvalue weighted by atomic mass is 10.1. The van der Waals surface area contributed by atoms with Crippen LogP contribution in [0.15, 0.2) is 66.5 Å². The summed E-state index contributed by atoms with van der Waals surface area (Å²) in [6.45, 7) is 1.70. The lowest BCUT2D eigenvalue weighted by Gasteiger charge is -2.21. The van der Waals surface area contributed by atoms with Gasteiger partial charge in [0.15, 0.2) is 0 Å². The summed E-state index contributed by atoms with van der Waals surface area (Å²) in [7, 11) is -4.01. The summed E-state index contributed by atoms with van der Waals surface area (Å²) >= 11 is 0. The standard InChI is InChI=1S/C15H15N3O3S/c1-12-11-14(13-7-3-2-4-8-13)17-18(12)22(19,20)21-15-9-5-6-10-16-15/h2-11,14,17H,1H3. The second kappa shape index (κ2) is 5.78. The van der Waals surface area contributed by atoms with E-state index in [4.69, 9.17) is 4.18 Å². The minimum absolute atomic E-state index is 0.0280. The number of nitrogens with zero attached hydrogens (tertiary/aromatic N) is 2.